The highest BCUT2D eigenvalue weighted by molar-refractivity contribution is 6.05. The minimum absolute atomic E-state index is 0. The molecule has 2 aromatic rings. The number of benzene rings is 1. The van der Waals surface area contributed by atoms with E-state index in [-0.39, 0.29) is 35.7 Å². The van der Waals surface area contributed by atoms with Crippen molar-refractivity contribution in [2.24, 2.45) is 0 Å². The predicted octanol–water partition coefficient (Wildman–Crippen LogP) is 1.37. The number of H-pyrrole nitrogens is 1. The third kappa shape index (κ3) is 3.18. The van der Waals surface area contributed by atoms with Crippen molar-refractivity contribution in [2.75, 3.05) is 13.1 Å². The van der Waals surface area contributed by atoms with E-state index in [9.17, 15) is 14.9 Å². The molecular weight excluding hydrogens is 310 g/mol. The van der Waals surface area contributed by atoms with Gasteiger partial charge >= 0.3 is 0 Å². The Morgan fingerprint density at radius 3 is 2.77 bits per heavy atom. The summed E-state index contributed by atoms with van der Waals surface area (Å²) >= 11 is 0. The molecule has 0 unspecified atom stereocenters. The monoisotopic (exact) mass is 325 g/mol. The Morgan fingerprint density at radius 2 is 2.09 bits per heavy atom. The molecule has 8 nitrogen and oxygen atoms in total. The number of aromatic amines is 1. The zero-order valence-corrected chi connectivity index (χ0v) is 12.5. The Balaban J connectivity index is 0.00000176. The van der Waals surface area contributed by atoms with Crippen LogP contribution in [0.1, 0.15) is 23.3 Å². The Labute approximate surface area is 132 Å². The van der Waals surface area contributed by atoms with Crippen molar-refractivity contribution in [2.45, 2.75) is 18.9 Å². The molecule has 1 aliphatic heterocycles. The summed E-state index contributed by atoms with van der Waals surface area (Å²) in [7, 11) is 0. The number of non-ortho nitro benzene ring substituents is 1. The summed E-state index contributed by atoms with van der Waals surface area (Å²) in [5.74, 6) is -0.298. The number of aromatic nitrogens is 2. The molecule has 1 aromatic heterocycles. The first-order valence-corrected chi connectivity index (χ1v) is 6.79. The van der Waals surface area contributed by atoms with E-state index in [0.29, 0.717) is 10.9 Å². The fourth-order valence-electron chi connectivity index (χ4n) is 2.51. The Morgan fingerprint density at radius 1 is 1.36 bits per heavy atom. The van der Waals surface area contributed by atoms with Crippen LogP contribution in [0.3, 0.4) is 0 Å². The quantitative estimate of drug-likeness (QED) is 0.582. The number of halogens is 1. The first-order chi connectivity index (χ1) is 10.1. The lowest BCUT2D eigenvalue weighted by Crippen LogP contribution is -2.42. The Bertz CT molecular complexity index is 696. The predicted molar refractivity (Wildman–Crippen MR) is 83.4 cm³/mol. The van der Waals surface area contributed by atoms with Gasteiger partial charge in [-0.05, 0) is 32.0 Å². The number of nitro groups is 1. The fourth-order valence-corrected chi connectivity index (χ4v) is 2.51. The molecule has 1 aromatic carbocycles. The molecular formula is C13H16ClN5O3. The molecule has 118 valence electrons. The summed E-state index contributed by atoms with van der Waals surface area (Å²) in [6, 6.07) is 4.43. The zero-order valence-electron chi connectivity index (χ0n) is 11.7. The van der Waals surface area contributed by atoms with E-state index < -0.39 is 4.92 Å². The molecule has 0 atom stereocenters. The lowest BCUT2D eigenvalue weighted by Gasteiger charge is -2.23. The van der Waals surface area contributed by atoms with E-state index >= 15 is 0 Å². The molecule has 1 fully saturated rings. The maximum atomic E-state index is 12.3. The number of hydrogen-bond donors (Lipinski definition) is 3. The zero-order chi connectivity index (χ0) is 14.8. The molecule has 2 heterocycles. The molecule has 3 rings (SSSR count). The number of hydrogen-bond acceptors (Lipinski definition) is 5. The normalized spacial score (nSPS) is 15.3. The summed E-state index contributed by atoms with van der Waals surface area (Å²) in [4.78, 5) is 22.6. The third-order valence-electron chi connectivity index (χ3n) is 3.65. The van der Waals surface area contributed by atoms with Crippen LogP contribution in [0.2, 0.25) is 0 Å². The summed E-state index contributed by atoms with van der Waals surface area (Å²) < 4.78 is 0. The van der Waals surface area contributed by atoms with Gasteiger partial charge in [-0.2, -0.15) is 5.10 Å². The fraction of sp³-hybridized carbons (Fsp3) is 0.385. The number of carbonyl (C=O) groups excluding carboxylic acids is 1. The molecule has 22 heavy (non-hydrogen) atoms. The van der Waals surface area contributed by atoms with Crippen LogP contribution >= 0.6 is 12.4 Å². The SMILES string of the molecule is Cl.O=C(NC1CCNCC1)c1n[nH]c2ccc([N+](=O)[O-])cc12. The number of fused-ring (bicyclic) bond motifs is 1. The van der Waals surface area contributed by atoms with Crippen LogP contribution in [-0.4, -0.2) is 40.2 Å². The van der Waals surface area contributed by atoms with Gasteiger partial charge in [-0.3, -0.25) is 20.0 Å². The maximum absolute atomic E-state index is 12.3. The van der Waals surface area contributed by atoms with Crippen molar-refractivity contribution in [1.82, 2.24) is 20.8 Å². The minimum atomic E-state index is -0.485. The number of carbonyl (C=O) groups is 1. The summed E-state index contributed by atoms with van der Waals surface area (Å²) in [6.45, 7) is 1.75. The van der Waals surface area contributed by atoms with E-state index in [1.165, 1.54) is 12.1 Å². The average Bonchev–Trinajstić information content (AvgIpc) is 2.91. The molecule has 1 saturated heterocycles. The third-order valence-corrected chi connectivity index (χ3v) is 3.65. The number of nitrogens with one attached hydrogen (secondary N) is 3. The lowest BCUT2D eigenvalue weighted by molar-refractivity contribution is -0.384. The summed E-state index contributed by atoms with van der Waals surface area (Å²) in [6.07, 6.45) is 1.74. The van der Waals surface area contributed by atoms with E-state index in [1.54, 1.807) is 6.07 Å². The Kier molecular flexibility index (Phi) is 4.94. The smallest absolute Gasteiger partial charge is 0.272 e. The molecule has 0 spiro atoms. The van der Waals surface area contributed by atoms with E-state index in [1.807, 2.05) is 0 Å². The molecule has 9 heteroatoms. The number of nitro benzene ring substituents is 1. The number of piperidine rings is 1. The molecule has 3 N–H and O–H groups in total. The highest BCUT2D eigenvalue weighted by Gasteiger charge is 2.21. The van der Waals surface area contributed by atoms with Gasteiger partial charge in [-0.1, -0.05) is 0 Å². The summed E-state index contributed by atoms with van der Waals surface area (Å²) in [5, 5.41) is 24.2. The van der Waals surface area contributed by atoms with Crippen LogP contribution < -0.4 is 10.6 Å². The molecule has 1 amide bonds. The van der Waals surface area contributed by atoms with Crippen LogP contribution in [0, 0.1) is 10.1 Å². The second-order valence-corrected chi connectivity index (χ2v) is 5.06. The molecule has 0 saturated carbocycles. The van der Waals surface area contributed by atoms with Crippen molar-refractivity contribution < 1.29 is 9.72 Å². The largest absolute Gasteiger partial charge is 0.348 e. The average molecular weight is 326 g/mol. The van der Waals surface area contributed by atoms with Gasteiger partial charge in [0.2, 0.25) is 0 Å². The Hall–Kier alpha value is -2.19. The van der Waals surface area contributed by atoms with Gasteiger partial charge in [0.05, 0.1) is 10.4 Å². The molecule has 0 bridgehead atoms. The van der Waals surface area contributed by atoms with Gasteiger partial charge < -0.3 is 10.6 Å². The standard InChI is InChI=1S/C13H15N5O3.ClH/c19-13(15-8-3-5-14-6-4-8)12-10-7-9(18(20)21)1-2-11(10)16-17-12;/h1-2,7-8,14H,3-6H2,(H,15,19)(H,16,17);1H. The molecule has 0 radical (unpaired) electrons. The van der Waals surface area contributed by atoms with Crippen LogP contribution in [-0.2, 0) is 0 Å². The van der Waals surface area contributed by atoms with Crippen molar-refractivity contribution >= 4 is 34.9 Å². The second-order valence-electron chi connectivity index (χ2n) is 5.06. The van der Waals surface area contributed by atoms with E-state index in [2.05, 4.69) is 20.8 Å². The molecule has 1 aliphatic rings. The van der Waals surface area contributed by atoms with Crippen molar-refractivity contribution in [3.63, 3.8) is 0 Å². The van der Waals surface area contributed by atoms with E-state index in [4.69, 9.17) is 0 Å². The highest BCUT2D eigenvalue weighted by Crippen LogP contribution is 2.22. The second kappa shape index (κ2) is 6.71. The summed E-state index contributed by atoms with van der Waals surface area (Å²) in [5.41, 5.74) is 0.753. The first kappa shape index (κ1) is 16.2. The highest BCUT2D eigenvalue weighted by atomic mass is 35.5. The first-order valence-electron chi connectivity index (χ1n) is 6.79. The van der Waals surface area contributed by atoms with Crippen molar-refractivity contribution in [3.8, 4) is 0 Å². The topological polar surface area (TPSA) is 113 Å². The van der Waals surface area contributed by atoms with Gasteiger partial charge in [0.15, 0.2) is 5.69 Å². The van der Waals surface area contributed by atoms with Crippen LogP contribution in [0.5, 0.6) is 0 Å². The van der Waals surface area contributed by atoms with Crippen molar-refractivity contribution in [3.05, 3.63) is 34.0 Å². The molecule has 0 aliphatic carbocycles. The maximum Gasteiger partial charge on any atom is 0.272 e. The van der Waals surface area contributed by atoms with Gasteiger partial charge in [-0.15, -0.1) is 12.4 Å². The van der Waals surface area contributed by atoms with Crippen LogP contribution in [0.4, 0.5) is 5.69 Å². The lowest BCUT2D eigenvalue weighted by atomic mass is 10.1. The van der Waals surface area contributed by atoms with Crippen molar-refractivity contribution in [1.29, 1.82) is 0 Å². The minimum Gasteiger partial charge on any atom is -0.348 e. The van der Waals surface area contributed by atoms with Gasteiger partial charge in [0.1, 0.15) is 0 Å². The van der Waals surface area contributed by atoms with Crippen LogP contribution in [0.25, 0.3) is 10.9 Å². The van der Waals surface area contributed by atoms with E-state index in [0.717, 1.165) is 25.9 Å². The number of nitrogens with zero attached hydrogens (tertiary/aromatic N) is 2. The van der Waals surface area contributed by atoms with Gasteiger partial charge in [-0.25, -0.2) is 0 Å². The van der Waals surface area contributed by atoms with Gasteiger partial charge in [0, 0.05) is 23.6 Å². The number of rotatable bonds is 3. The number of amides is 1. The van der Waals surface area contributed by atoms with Gasteiger partial charge in [0.25, 0.3) is 11.6 Å². The van der Waals surface area contributed by atoms with Crippen LogP contribution in [0.15, 0.2) is 18.2 Å².